The molecule has 2 heterocycles. The minimum absolute atomic E-state index is 0.0503. The molecular formula is C30H22N2O. The average molecular weight is 427 g/mol. The Bertz CT molecular complexity index is 1700. The first-order chi connectivity index (χ1) is 16.1. The quantitative estimate of drug-likeness (QED) is 0.284. The Kier molecular flexibility index (Phi) is 3.61. The van der Waals surface area contributed by atoms with E-state index < -0.39 is 0 Å². The Hall–Kier alpha value is -4.11. The van der Waals surface area contributed by atoms with Crippen LogP contribution in [0.5, 0.6) is 0 Å². The van der Waals surface area contributed by atoms with Crippen molar-refractivity contribution in [3.05, 3.63) is 109 Å². The number of rotatable bonds is 2. The van der Waals surface area contributed by atoms with Crippen LogP contribution < -0.4 is 0 Å². The predicted octanol–water partition coefficient (Wildman–Crippen LogP) is 7.72. The molecule has 0 unspecified atom stereocenters. The number of oxazole rings is 1. The van der Waals surface area contributed by atoms with Crippen molar-refractivity contribution in [2.75, 3.05) is 0 Å². The van der Waals surface area contributed by atoms with Gasteiger partial charge in [-0.2, -0.15) is 4.98 Å². The van der Waals surface area contributed by atoms with Gasteiger partial charge < -0.3 is 4.42 Å². The molecule has 1 aliphatic rings. The number of nitrogens with zero attached hydrogens (tertiary/aromatic N) is 2. The summed E-state index contributed by atoms with van der Waals surface area (Å²) in [6, 6.07) is 30.5. The van der Waals surface area contributed by atoms with Gasteiger partial charge in [-0.25, -0.2) is 0 Å². The van der Waals surface area contributed by atoms with Gasteiger partial charge in [0.1, 0.15) is 12.0 Å². The molecule has 0 radical (unpaired) electrons. The minimum Gasteiger partial charge on any atom is -0.432 e. The van der Waals surface area contributed by atoms with Gasteiger partial charge in [0.25, 0.3) is 0 Å². The Labute approximate surface area is 192 Å². The van der Waals surface area contributed by atoms with Gasteiger partial charge in [-0.3, -0.25) is 4.40 Å². The first-order valence-corrected chi connectivity index (χ1v) is 11.3. The van der Waals surface area contributed by atoms with Crippen LogP contribution in [0.1, 0.15) is 25.0 Å². The van der Waals surface area contributed by atoms with E-state index in [1.807, 2.05) is 6.20 Å². The average Bonchev–Trinajstić information content (AvgIpc) is 3.50. The molecule has 33 heavy (non-hydrogen) atoms. The van der Waals surface area contributed by atoms with E-state index in [1.165, 1.54) is 33.0 Å². The molecule has 7 rings (SSSR count). The molecule has 0 aliphatic heterocycles. The second-order valence-electron chi connectivity index (χ2n) is 9.36. The van der Waals surface area contributed by atoms with Crippen molar-refractivity contribution in [1.82, 2.24) is 9.38 Å². The van der Waals surface area contributed by atoms with E-state index in [-0.39, 0.29) is 5.41 Å². The maximum absolute atomic E-state index is 5.71. The van der Waals surface area contributed by atoms with Crippen molar-refractivity contribution in [3.63, 3.8) is 0 Å². The fourth-order valence-corrected chi connectivity index (χ4v) is 5.45. The standard InChI is InChI=1S/C30H22N2O/c1-30(2)25-10-6-5-9-23(25)24-14-13-22(18-26(24)30)28-27(31-29-32(28)15-16-33-29)21-12-11-19-7-3-4-8-20(19)17-21/h3-18H,1-2H3. The summed E-state index contributed by atoms with van der Waals surface area (Å²) in [4.78, 5) is 4.89. The van der Waals surface area contributed by atoms with E-state index in [0.29, 0.717) is 5.84 Å². The van der Waals surface area contributed by atoms with Gasteiger partial charge in [-0.15, -0.1) is 0 Å². The van der Waals surface area contributed by atoms with Crippen LogP contribution in [-0.2, 0) is 5.41 Å². The predicted molar refractivity (Wildman–Crippen MR) is 133 cm³/mol. The summed E-state index contributed by atoms with van der Waals surface area (Å²) in [6.45, 7) is 4.63. The Balaban J connectivity index is 1.47. The van der Waals surface area contributed by atoms with Gasteiger partial charge in [0, 0.05) is 22.7 Å². The Morgan fingerprint density at radius 2 is 1.48 bits per heavy atom. The monoisotopic (exact) mass is 426 g/mol. The summed E-state index contributed by atoms with van der Waals surface area (Å²) in [7, 11) is 0. The fourth-order valence-electron chi connectivity index (χ4n) is 5.45. The van der Waals surface area contributed by atoms with Crippen LogP contribution in [-0.4, -0.2) is 9.38 Å². The Morgan fingerprint density at radius 1 is 0.727 bits per heavy atom. The van der Waals surface area contributed by atoms with E-state index in [9.17, 15) is 0 Å². The first-order valence-electron chi connectivity index (χ1n) is 11.3. The number of benzene rings is 4. The highest BCUT2D eigenvalue weighted by atomic mass is 16.3. The molecule has 0 saturated heterocycles. The summed E-state index contributed by atoms with van der Waals surface area (Å²) in [5.74, 6) is 0.608. The van der Waals surface area contributed by atoms with Crippen LogP contribution in [0.15, 0.2) is 102 Å². The van der Waals surface area contributed by atoms with Crippen LogP contribution in [0.25, 0.3) is 50.3 Å². The van der Waals surface area contributed by atoms with Gasteiger partial charge in [0.15, 0.2) is 0 Å². The number of hydrogen-bond acceptors (Lipinski definition) is 2. The molecule has 1 aliphatic carbocycles. The highest BCUT2D eigenvalue weighted by Gasteiger charge is 2.35. The van der Waals surface area contributed by atoms with Crippen LogP contribution in [0.4, 0.5) is 0 Å². The lowest BCUT2D eigenvalue weighted by molar-refractivity contribution is 0.596. The summed E-state index contributed by atoms with van der Waals surface area (Å²) in [6.07, 6.45) is 3.65. The molecule has 0 atom stereocenters. The first kappa shape index (κ1) is 18.5. The van der Waals surface area contributed by atoms with E-state index in [0.717, 1.165) is 22.5 Å². The zero-order valence-electron chi connectivity index (χ0n) is 18.5. The molecule has 0 saturated carbocycles. The van der Waals surface area contributed by atoms with E-state index in [2.05, 4.69) is 103 Å². The van der Waals surface area contributed by atoms with Crippen molar-refractivity contribution in [2.24, 2.45) is 0 Å². The van der Waals surface area contributed by atoms with Crippen molar-refractivity contribution in [1.29, 1.82) is 0 Å². The molecular weight excluding hydrogens is 404 g/mol. The molecule has 0 N–H and O–H groups in total. The fraction of sp³-hybridized carbons (Fsp3) is 0.100. The van der Waals surface area contributed by atoms with E-state index >= 15 is 0 Å². The molecule has 0 fully saturated rings. The normalized spacial score (nSPS) is 14.0. The lowest BCUT2D eigenvalue weighted by atomic mass is 9.82. The SMILES string of the molecule is CC1(C)c2ccccc2-c2ccc(-c3c(-c4ccc5ccccc5c4)nc4occn34)cc21. The van der Waals surface area contributed by atoms with E-state index in [1.54, 1.807) is 6.26 Å². The van der Waals surface area contributed by atoms with Crippen molar-refractivity contribution in [3.8, 4) is 33.6 Å². The second-order valence-corrected chi connectivity index (χ2v) is 9.36. The molecule has 0 bridgehead atoms. The third kappa shape index (κ3) is 2.53. The zero-order chi connectivity index (χ0) is 22.2. The lowest BCUT2D eigenvalue weighted by Gasteiger charge is -2.22. The second kappa shape index (κ2) is 6.46. The molecule has 158 valence electrons. The number of imidazole rings is 1. The lowest BCUT2D eigenvalue weighted by Crippen LogP contribution is -2.14. The summed E-state index contributed by atoms with van der Waals surface area (Å²) < 4.78 is 7.76. The maximum atomic E-state index is 5.71. The van der Waals surface area contributed by atoms with Gasteiger partial charge in [0.05, 0.1) is 5.69 Å². The topological polar surface area (TPSA) is 30.4 Å². The Morgan fingerprint density at radius 3 is 2.39 bits per heavy atom. The minimum atomic E-state index is -0.0503. The van der Waals surface area contributed by atoms with Crippen LogP contribution in [0, 0.1) is 0 Å². The highest BCUT2D eigenvalue weighted by molar-refractivity contribution is 5.91. The van der Waals surface area contributed by atoms with Gasteiger partial charge in [0.2, 0.25) is 0 Å². The summed E-state index contributed by atoms with van der Waals surface area (Å²) in [5.41, 5.74) is 9.57. The van der Waals surface area contributed by atoms with Gasteiger partial charge in [-0.05, 0) is 45.2 Å². The van der Waals surface area contributed by atoms with Crippen LogP contribution in [0.2, 0.25) is 0 Å². The molecule has 0 spiro atoms. The number of aromatic nitrogens is 2. The third-order valence-corrected chi connectivity index (χ3v) is 7.14. The van der Waals surface area contributed by atoms with Crippen molar-refractivity contribution in [2.45, 2.75) is 19.3 Å². The molecule has 6 aromatic rings. The largest absolute Gasteiger partial charge is 0.432 e. The summed E-state index contributed by atoms with van der Waals surface area (Å²) >= 11 is 0. The van der Waals surface area contributed by atoms with Crippen molar-refractivity contribution >= 4 is 16.6 Å². The maximum Gasteiger partial charge on any atom is 0.306 e. The number of fused-ring (bicyclic) bond motifs is 5. The zero-order valence-corrected chi connectivity index (χ0v) is 18.5. The van der Waals surface area contributed by atoms with Crippen LogP contribution >= 0.6 is 0 Å². The molecule has 3 nitrogen and oxygen atoms in total. The number of hydrogen-bond donors (Lipinski definition) is 0. The smallest absolute Gasteiger partial charge is 0.306 e. The van der Waals surface area contributed by atoms with Gasteiger partial charge >= 0.3 is 5.84 Å². The van der Waals surface area contributed by atoms with Gasteiger partial charge in [-0.1, -0.05) is 86.6 Å². The molecule has 3 heteroatoms. The van der Waals surface area contributed by atoms with Crippen LogP contribution in [0.3, 0.4) is 0 Å². The molecule has 2 aromatic heterocycles. The molecule has 4 aromatic carbocycles. The van der Waals surface area contributed by atoms with E-state index in [4.69, 9.17) is 9.40 Å². The highest BCUT2D eigenvalue weighted by Crippen LogP contribution is 2.50. The summed E-state index contributed by atoms with van der Waals surface area (Å²) in [5, 5.41) is 2.43. The van der Waals surface area contributed by atoms with Crippen molar-refractivity contribution < 1.29 is 4.42 Å². The molecule has 0 amide bonds. The third-order valence-electron chi connectivity index (χ3n) is 7.14.